The molecule has 3 aromatic rings. The Hall–Kier alpha value is -4.04. The van der Waals surface area contributed by atoms with Crippen molar-refractivity contribution in [3.63, 3.8) is 0 Å². The van der Waals surface area contributed by atoms with Crippen LogP contribution in [0.1, 0.15) is 15.9 Å². The lowest BCUT2D eigenvalue weighted by Crippen LogP contribution is -2.48. The fourth-order valence-corrected chi connectivity index (χ4v) is 4.04. The van der Waals surface area contributed by atoms with E-state index in [0.717, 1.165) is 25.2 Å². The Kier molecular flexibility index (Phi) is 7.84. The van der Waals surface area contributed by atoms with Gasteiger partial charge in [-0.1, -0.05) is 24.3 Å². The number of amides is 3. The van der Waals surface area contributed by atoms with Crippen molar-refractivity contribution in [3.05, 3.63) is 83.9 Å². The van der Waals surface area contributed by atoms with Crippen molar-refractivity contribution in [2.75, 3.05) is 51.0 Å². The molecule has 0 saturated carbocycles. The van der Waals surface area contributed by atoms with Gasteiger partial charge in [-0.05, 0) is 54.1 Å². The highest BCUT2D eigenvalue weighted by molar-refractivity contribution is 6.00. The number of carbonyl (C=O) groups is 2. The number of anilines is 2. The number of nitrogens with one attached hydrogen (secondary N) is 2. The van der Waals surface area contributed by atoms with Gasteiger partial charge < -0.3 is 25.0 Å². The third-order valence-electron chi connectivity index (χ3n) is 5.94. The number of hydrogen-bond donors (Lipinski definition) is 2. The van der Waals surface area contributed by atoms with Crippen molar-refractivity contribution in [3.8, 4) is 11.5 Å². The van der Waals surface area contributed by atoms with E-state index in [4.69, 9.17) is 9.47 Å². The van der Waals surface area contributed by atoms with E-state index in [0.29, 0.717) is 41.5 Å². The van der Waals surface area contributed by atoms with Gasteiger partial charge in [-0.3, -0.25) is 9.69 Å². The number of carbonyl (C=O) groups excluding carboxylic acids is 2. The predicted molar refractivity (Wildman–Crippen MR) is 136 cm³/mol. The van der Waals surface area contributed by atoms with E-state index in [1.54, 1.807) is 38.5 Å². The third-order valence-corrected chi connectivity index (χ3v) is 5.94. The summed E-state index contributed by atoms with van der Waals surface area (Å²) in [7, 11) is 3.26. The number of methoxy groups -OCH3 is 2. The molecule has 0 spiro atoms. The van der Waals surface area contributed by atoms with Crippen LogP contribution in [0.3, 0.4) is 0 Å². The normalized spacial score (nSPS) is 13.7. The largest absolute Gasteiger partial charge is 0.493 e. The van der Waals surface area contributed by atoms with Gasteiger partial charge in [-0.25, -0.2) is 4.79 Å². The molecule has 4 rings (SSSR count). The molecule has 8 nitrogen and oxygen atoms in total. The minimum atomic E-state index is -0.333. The average Bonchev–Trinajstić information content (AvgIpc) is 2.89. The van der Waals surface area contributed by atoms with Crippen molar-refractivity contribution < 1.29 is 19.1 Å². The molecule has 182 valence electrons. The molecule has 8 heteroatoms. The van der Waals surface area contributed by atoms with E-state index < -0.39 is 0 Å². The first-order valence-electron chi connectivity index (χ1n) is 11.5. The van der Waals surface area contributed by atoms with E-state index in [9.17, 15) is 9.59 Å². The van der Waals surface area contributed by atoms with Gasteiger partial charge >= 0.3 is 6.03 Å². The van der Waals surface area contributed by atoms with Crippen LogP contribution in [0, 0.1) is 0 Å². The molecule has 2 N–H and O–H groups in total. The third kappa shape index (κ3) is 6.30. The Morgan fingerprint density at radius 1 is 0.771 bits per heavy atom. The first kappa shape index (κ1) is 24.1. The standard InChI is InChI=1S/C27H30N4O4/c1-34-24-13-8-20(18-25(24)35-2)19-30-14-16-31(17-15-30)26(32)21-9-11-23(12-10-21)29-27(33)28-22-6-4-3-5-7-22/h3-13,18H,14-17,19H2,1-2H3,(H2,28,29,33). The first-order chi connectivity index (χ1) is 17.1. The lowest BCUT2D eigenvalue weighted by Gasteiger charge is -2.35. The summed E-state index contributed by atoms with van der Waals surface area (Å²) in [4.78, 5) is 29.3. The Morgan fingerprint density at radius 3 is 2.03 bits per heavy atom. The molecule has 3 amide bonds. The van der Waals surface area contributed by atoms with Crippen LogP contribution < -0.4 is 20.1 Å². The first-order valence-corrected chi connectivity index (χ1v) is 11.5. The summed E-state index contributed by atoms with van der Waals surface area (Å²) in [6.45, 7) is 3.68. The van der Waals surface area contributed by atoms with E-state index in [-0.39, 0.29) is 11.9 Å². The number of nitrogens with zero attached hydrogens (tertiary/aromatic N) is 2. The van der Waals surface area contributed by atoms with Gasteiger partial charge in [-0.15, -0.1) is 0 Å². The Labute approximate surface area is 205 Å². The smallest absolute Gasteiger partial charge is 0.323 e. The van der Waals surface area contributed by atoms with E-state index in [1.165, 1.54) is 0 Å². The van der Waals surface area contributed by atoms with E-state index >= 15 is 0 Å². The topological polar surface area (TPSA) is 83.1 Å². The number of benzene rings is 3. The van der Waals surface area contributed by atoms with Crippen LogP contribution >= 0.6 is 0 Å². The van der Waals surface area contributed by atoms with Crippen molar-refractivity contribution in [1.29, 1.82) is 0 Å². The minimum absolute atomic E-state index is 0.00365. The second-order valence-corrected chi connectivity index (χ2v) is 8.28. The van der Waals surface area contributed by atoms with Crippen LogP contribution in [0.25, 0.3) is 0 Å². The van der Waals surface area contributed by atoms with Gasteiger partial charge in [0.1, 0.15) is 0 Å². The molecule has 1 aliphatic heterocycles. The highest BCUT2D eigenvalue weighted by atomic mass is 16.5. The molecule has 0 aromatic heterocycles. The number of para-hydroxylation sites is 1. The zero-order valence-corrected chi connectivity index (χ0v) is 20.0. The Bertz CT molecular complexity index is 1140. The molecule has 1 aliphatic rings. The van der Waals surface area contributed by atoms with Crippen LogP contribution in [0.15, 0.2) is 72.8 Å². The SMILES string of the molecule is COc1ccc(CN2CCN(C(=O)c3ccc(NC(=O)Nc4ccccc4)cc3)CC2)cc1OC. The lowest BCUT2D eigenvalue weighted by atomic mass is 10.1. The Balaban J connectivity index is 1.27. The maximum Gasteiger partial charge on any atom is 0.323 e. The summed E-state index contributed by atoms with van der Waals surface area (Å²) < 4.78 is 10.7. The summed E-state index contributed by atoms with van der Waals surface area (Å²) in [5.41, 5.74) is 3.07. The van der Waals surface area contributed by atoms with Crippen LogP contribution in [-0.4, -0.2) is 62.1 Å². The van der Waals surface area contributed by atoms with Gasteiger partial charge in [0.2, 0.25) is 0 Å². The fraction of sp³-hybridized carbons (Fsp3) is 0.259. The molecule has 0 atom stereocenters. The van der Waals surface area contributed by atoms with Crippen LogP contribution in [0.5, 0.6) is 11.5 Å². The molecule has 35 heavy (non-hydrogen) atoms. The molecule has 0 aliphatic carbocycles. The number of piperazine rings is 1. The fourth-order valence-electron chi connectivity index (χ4n) is 4.04. The molecule has 1 heterocycles. The molecule has 0 unspecified atom stereocenters. The summed E-state index contributed by atoms with van der Waals surface area (Å²) >= 11 is 0. The zero-order valence-electron chi connectivity index (χ0n) is 20.0. The summed E-state index contributed by atoms with van der Waals surface area (Å²) in [6.07, 6.45) is 0. The van der Waals surface area contributed by atoms with Gasteiger partial charge in [0.15, 0.2) is 11.5 Å². The monoisotopic (exact) mass is 474 g/mol. The number of ether oxygens (including phenoxy) is 2. The molecule has 0 bridgehead atoms. The zero-order chi connectivity index (χ0) is 24.6. The van der Waals surface area contributed by atoms with Gasteiger partial charge in [0.05, 0.1) is 14.2 Å². The summed E-state index contributed by atoms with van der Waals surface area (Å²) in [5.74, 6) is 1.43. The lowest BCUT2D eigenvalue weighted by molar-refractivity contribution is 0.0628. The highest BCUT2D eigenvalue weighted by Crippen LogP contribution is 2.28. The van der Waals surface area contributed by atoms with Crippen molar-refractivity contribution in [2.45, 2.75) is 6.54 Å². The molecular weight excluding hydrogens is 444 g/mol. The van der Waals surface area contributed by atoms with Crippen molar-refractivity contribution >= 4 is 23.3 Å². The maximum absolute atomic E-state index is 13.0. The molecular formula is C27H30N4O4. The highest BCUT2D eigenvalue weighted by Gasteiger charge is 2.22. The summed E-state index contributed by atoms with van der Waals surface area (Å²) in [5, 5.41) is 5.55. The number of rotatable bonds is 7. The number of hydrogen-bond acceptors (Lipinski definition) is 5. The Morgan fingerprint density at radius 2 is 1.40 bits per heavy atom. The second-order valence-electron chi connectivity index (χ2n) is 8.28. The van der Waals surface area contributed by atoms with Gasteiger partial charge in [0, 0.05) is 49.7 Å². The minimum Gasteiger partial charge on any atom is -0.493 e. The summed E-state index contributed by atoms with van der Waals surface area (Å²) in [6, 6.07) is 21.8. The van der Waals surface area contributed by atoms with Crippen LogP contribution in [0.2, 0.25) is 0 Å². The van der Waals surface area contributed by atoms with Gasteiger partial charge in [0.25, 0.3) is 5.91 Å². The second kappa shape index (κ2) is 11.4. The van der Waals surface area contributed by atoms with E-state index in [1.807, 2.05) is 53.4 Å². The van der Waals surface area contributed by atoms with Crippen molar-refractivity contribution in [2.24, 2.45) is 0 Å². The van der Waals surface area contributed by atoms with Crippen LogP contribution in [-0.2, 0) is 6.54 Å². The van der Waals surface area contributed by atoms with Gasteiger partial charge in [-0.2, -0.15) is 0 Å². The molecule has 3 aromatic carbocycles. The van der Waals surface area contributed by atoms with E-state index in [2.05, 4.69) is 15.5 Å². The molecule has 1 saturated heterocycles. The number of urea groups is 1. The maximum atomic E-state index is 13.0. The quantitative estimate of drug-likeness (QED) is 0.533. The molecule has 1 fully saturated rings. The molecule has 0 radical (unpaired) electrons. The van der Waals surface area contributed by atoms with Crippen molar-refractivity contribution in [1.82, 2.24) is 9.80 Å². The average molecular weight is 475 g/mol. The van der Waals surface area contributed by atoms with Crippen LogP contribution in [0.4, 0.5) is 16.2 Å². The predicted octanol–water partition coefficient (Wildman–Crippen LogP) is 4.31.